The minimum Gasteiger partial charge on any atom is -0.497 e. The highest BCUT2D eigenvalue weighted by atomic mass is 17.2. The molecule has 0 radical (unpaired) electrons. The number of carbonyl (C=O) groups is 2. The molecule has 2 amide bonds. The van der Waals surface area contributed by atoms with Gasteiger partial charge >= 0.3 is 12.0 Å². The van der Waals surface area contributed by atoms with E-state index in [-0.39, 0.29) is 11.9 Å². The molecule has 180 valence electrons. The van der Waals surface area contributed by atoms with Gasteiger partial charge in [0.1, 0.15) is 5.75 Å². The van der Waals surface area contributed by atoms with Crippen molar-refractivity contribution in [3.8, 4) is 11.5 Å². The van der Waals surface area contributed by atoms with E-state index in [2.05, 4.69) is 12.2 Å². The molecule has 0 saturated heterocycles. The summed E-state index contributed by atoms with van der Waals surface area (Å²) in [7, 11) is 1.61. The zero-order chi connectivity index (χ0) is 24.1. The molecule has 0 fully saturated rings. The number of ether oxygens (including phenoxy) is 1. The first-order chi connectivity index (χ1) is 15.9. The minimum absolute atomic E-state index is 0.151. The van der Waals surface area contributed by atoms with Gasteiger partial charge < -0.3 is 15.0 Å². The number of nitrogens with one attached hydrogen (secondary N) is 1. The van der Waals surface area contributed by atoms with Crippen LogP contribution >= 0.6 is 0 Å². The Hall–Kier alpha value is -3.22. The summed E-state index contributed by atoms with van der Waals surface area (Å²) in [5, 5.41) is 2.97. The predicted octanol–water partition coefficient (Wildman–Crippen LogP) is 6.19. The van der Waals surface area contributed by atoms with Crippen LogP contribution in [0.4, 0.5) is 10.5 Å². The van der Waals surface area contributed by atoms with E-state index in [1.165, 1.54) is 19.3 Å². The zero-order valence-corrected chi connectivity index (χ0v) is 20.1. The molecule has 2 rings (SSSR count). The van der Waals surface area contributed by atoms with Crippen LogP contribution in [0, 0.1) is 5.92 Å². The van der Waals surface area contributed by atoms with E-state index >= 15 is 0 Å². The highest BCUT2D eigenvalue weighted by molar-refractivity contribution is 5.89. The Morgan fingerprint density at radius 2 is 1.55 bits per heavy atom. The molecule has 1 N–H and O–H groups in total. The summed E-state index contributed by atoms with van der Waals surface area (Å²) in [5.74, 6) is 0.478. The minimum atomic E-state index is -0.427. The van der Waals surface area contributed by atoms with Gasteiger partial charge in [-0.1, -0.05) is 58.6 Å². The average Bonchev–Trinajstić information content (AvgIpc) is 2.82. The lowest BCUT2D eigenvalue weighted by molar-refractivity contribution is -0.217. The lowest BCUT2D eigenvalue weighted by Gasteiger charge is -2.23. The Bertz CT molecular complexity index is 850. The van der Waals surface area contributed by atoms with Crippen molar-refractivity contribution in [2.75, 3.05) is 19.0 Å². The zero-order valence-electron chi connectivity index (χ0n) is 20.1. The fourth-order valence-electron chi connectivity index (χ4n) is 3.09. The van der Waals surface area contributed by atoms with Gasteiger partial charge in [0.2, 0.25) is 0 Å². The monoisotopic (exact) mass is 456 g/mol. The van der Waals surface area contributed by atoms with Gasteiger partial charge in [0.25, 0.3) is 0 Å². The van der Waals surface area contributed by atoms with Crippen molar-refractivity contribution >= 4 is 17.7 Å². The van der Waals surface area contributed by atoms with E-state index in [0.717, 1.165) is 24.2 Å². The topological polar surface area (TPSA) is 77.1 Å². The smallest absolute Gasteiger partial charge is 0.357 e. The van der Waals surface area contributed by atoms with E-state index in [4.69, 9.17) is 14.5 Å². The van der Waals surface area contributed by atoms with Crippen molar-refractivity contribution in [2.24, 2.45) is 5.92 Å². The van der Waals surface area contributed by atoms with Crippen LogP contribution in [0.1, 0.15) is 58.4 Å². The van der Waals surface area contributed by atoms with Crippen molar-refractivity contribution < 1.29 is 24.1 Å². The summed E-state index contributed by atoms with van der Waals surface area (Å²) in [6, 6.07) is 14.3. The number of anilines is 1. The molecule has 0 aliphatic carbocycles. The van der Waals surface area contributed by atoms with E-state index in [9.17, 15) is 9.59 Å². The SMILES string of the molecule is CCCCCCCN(Cc1ccc(OOC(=O)C(C)C)cc1)C(=O)Nc1ccc(OC)cc1. The van der Waals surface area contributed by atoms with Crippen molar-refractivity contribution in [3.63, 3.8) is 0 Å². The molecule has 2 aromatic rings. The Morgan fingerprint density at radius 3 is 2.15 bits per heavy atom. The van der Waals surface area contributed by atoms with Crippen LogP contribution in [-0.4, -0.2) is 30.6 Å². The summed E-state index contributed by atoms with van der Waals surface area (Å²) in [6.07, 6.45) is 5.60. The molecule has 0 aliphatic heterocycles. The molecule has 0 spiro atoms. The molecule has 7 heteroatoms. The second-order valence-electron chi connectivity index (χ2n) is 8.28. The lowest BCUT2D eigenvalue weighted by atomic mass is 10.1. The number of methoxy groups -OCH3 is 1. The molecule has 0 heterocycles. The van der Waals surface area contributed by atoms with Crippen LogP contribution in [0.25, 0.3) is 0 Å². The van der Waals surface area contributed by atoms with Crippen LogP contribution in [0.5, 0.6) is 11.5 Å². The highest BCUT2D eigenvalue weighted by Gasteiger charge is 2.15. The van der Waals surface area contributed by atoms with Gasteiger partial charge in [-0.15, -0.1) is 0 Å². The second-order valence-corrected chi connectivity index (χ2v) is 8.28. The number of rotatable bonds is 13. The molecule has 2 aromatic carbocycles. The quantitative estimate of drug-likeness (QED) is 0.221. The van der Waals surface area contributed by atoms with Gasteiger partial charge in [-0.05, 0) is 48.4 Å². The first kappa shape index (κ1) is 26.0. The van der Waals surface area contributed by atoms with Gasteiger partial charge in [-0.3, -0.25) is 9.78 Å². The molecule has 33 heavy (non-hydrogen) atoms. The maximum Gasteiger partial charge on any atom is 0.357 e. The summed E-state index contributed by atoms with van der Waals surface area (Å²) >= 11 is 0. The van der Waals surface area contributed by atoms with E-state index < -0.39 is 5.97 Å². The number of benzene rings is 2. The van der Waals surface area contributed by atoms with Gasteiger partial charge in [0, 0.05) is 18.8 Å². The van der Waals surface area contributed by atoms with Crippen molar-refractivity contribution in [1.29, 1.82) is 0 Å². The number of nitrogens with zero attached hydrogens (tertiary/aromatic N) is 1. The van der Waals surface area contributed by atoms with Gasteiger partial charge in [-0.2, -0.15) is 0 Å². The van der Waals surface area contributed by atoms with E-state index in [0.29, 0.717) is 24.5 Å². The van der Waals surface area contributed by atoms with Crippen LogP contribution < -0.4 is 14.9 Å². The Labute approximate surface area is 197 Å². The number of amides is 2. The van der Waals surface area contributed by atoms with Crippen LogP contribution in [-0.2, 0) is 16.2 Å². The Balaban J connectivity index is 1.99. The number of unbranched alkanes of at least 4 members (excludes halogenated alkanes) is 4. The number of urea groups is 1. The molecular formula is C26H36N2O5. The molecule has 0 atom stereocenters. The van der Waals surface area contributed by atoms with E-state index in [1.54, 1.807) is 33.1 Å². The molecule has 0 saturated carbocycles. The number of hydrogen-bond donors (Lipinski definition) is 1. The first-order valence-electron chi connectivity index (χ1n) is 11.6. The third-order valence-electron chi connectivity index (χ3n) is 5.15. The largest absolute Gasteiger partial charge is 0.497 e. The van der Waals surface area contributed by atoms with Gasteiger partial charge in [0.15, 0.2) is 5.75 Å². The molecule has 0 aliphatic rings. The number of hydrogen-bond acceptors (Lipinski definition) is 5. The summed E-state index contributed by atoms with van der Waals surface area (Å²) in [4.78, 5) is 36.2. The Morgan fingerprint density at radius 1 is 0.909 bits per heavy atom. The lowest BCUT2D eigenvalue weighted by Crippen LogP contribution is -2.35. The van der Waals surface area contributed by atoms with Crippen LogP contribution in [0.15, 0.2) is 48.5 Å². The first-order valence-corrected chi connectivity index (χ1v) is 11.6. The fraction of sp³-hybridized carbons (Fsp3) is 0.462. The molecule has 0 aromatic heterocycles. The third-order valence-corrected chi connectivity index (χ3v) is 5.15. The van der Waals surface area contributed by atoms with Crippen molar-refractivity contribution in [3.05, 3.63) is 54.1 Å². The van der Waals surface area contributed by atoms with Crippen LogP contribution in [0.2, 0.25) is 0 Å². The van der Waals surface area contributed by atoms with Gasteiger partial charge in [-0.25, -0.2) is 9.59 Å². The molecule has 7 nitrogen and oxygen atoms in total. The molecule has 0 bridgehead atoms. The fourth-order valence-corrected chi connectivity index (χ4v) is 3.09. The molecule has 0 unspecified atom stereocenters. The second kappa shape index (κ2) is 14.0. The predicted molar refractivity (Wildman–Crippen MR) is 129 cm³/mol. The standard InChI is InChI=1S/C26H36N2O5/c1-5-6-7-8-9-18-28(26(30)27-22-12-16-23(31-4)17-13-22)19-21-10-14-24(15-11-21)32-33-25(29)20(2)3/h10-17,20H,5-9,18-19H2,1-4H3,(H,27,30). The maximum atomic E-state index is 13.0. The van der Waals surface area contributed by atoms with Gasteiger partial charge in [0.05, 0.1) is 13.0 Å². The number of carbonyl (C=O) groups excluding carboxylic acids is 2. The highest BCUT2D eigenvalue weighted by Crippen LogP contribution is 2.18. The summed E-state index contributed by atoms with van der Waals surface area (Å²) < 4.78 is 5.18. The third kappa shape index (κ3) is 9.43. The molecular weight excluding hydrogens is 420 g/mol. The Kier molecular flexibility index (Phi) is 11.1. The van der Waals surface area contributed by atoms with Crippen molar-refractivity contribution in [1.82, 2.24) is 4.90 Å². The average molecular weight is 457 g/mol. The van der Waals surface area contributed by atoms with Crippen molar-refractivity contribution in [2.45, 2.75) is 59.4 Å². The summed E-state index contributed by atoms with van der Waals surface area (Å²) in [5.41, 5.74) is 1.67. The van der Waals surface area contributed by atoms with Crippen LogP contribution in [0.3, 0.4) is 0 Å². The van der Waals surface area contributed by atoms with E-state index in [1.807, 2.05) is 41.3 Å². The normalized spacial score (nSPS) is 10.6. The maximum absolute atomic E-state index is 13.0. The summed E-state index contributed by atoms with van der Waals surface area (Å²) in [6.45, 7) is 6.79.